The molecule has 0 amide bonds. The molecule has 0 N–H and O–H groups in total. The highest BCUT2D eigenvalue weighted by atomic mass is 16.5. The van der Waals surface area contributed by atoms with Gasteiger partial charge in [-0.3, -0.25) is 4.79 Å². The number of hydrogen-bond acceptors (Lipinski definition) is 3. The van der Waals surface area contributed by atoms with Crippen LogP contribution >= 0.6 is 0 Å². The van der Waals surface area contributed by atoms with E-state index in [1.165, 1.54) is 80.9 Å². The highest BCUT2D eigenvalue weighted by Gasteiger charge is 2.13. The number of esters is 1. The molecule has 0 aliphatic rings. The Hall–Kier alpha value is -3.07. The van der Waals surface area contributed by atoms with Gasteiger partial charge in [0.05, 0.1) is 6.61 Å². The van der Waals surface area contributed by atoms with Crippen LogP contribution in [-0.2, 0) is 9.53 Å². The van der Waals surface area contributed by atoms with Gasteiger partial charge in [0.1, 0.15) is 11.9 Å². The quantitative estimate of drug-likeness (QED) is 0.103. The molecule has 0 saturated carbocycles. The Morgan fingerprint density at radius 1 is 0.610 bits per heavy atom. The van der Waals surface area contributed by atoms with Gasteiger partial charge in [-0.05, 0) is 59.7 Å². The maximum Gasteiger partial charge on any atom is 0.306 e. The third-order valence-electron chi connectivity index (χ3n) is 7.84. The normalized spacial score (nSPS) is 11.8. The first-order valence-corrected chi connectivity index (χ1v) is 16.2. The maximum atomic E-state index is 12.4. The van der Waals surface area contributed by atoms with Crippen molar-refractivity contribution in [1.82, 2.24) is 0 Å². The minimum Gasteiger partial charge on any atom is -0.494 e. The van der Waals surface area contributed by atoms with Crippen molar-refractivity contribution in [1.29, 1.82) is 0 Å². The van der Waals surface area contributed by atoms with Gasteiger partial charge in [0.15, 0.2) is 0 Å². The van der Waals surface area contributed by atoms with Gasteiger partial charge in [-0.2, -0.15) is 0 Å². The van der Waals surface area contributed by atoms with Crippen LogP contribution in [0.4, 0.5) is 0 Å². The Balaban J connectivity index is 1.46. The fourth-order valence-corrected chi connectivity index (χ4v) is 5.27. The molecule has 3 nitrogen and oxygen atoms in total. The third-order valence-corrected chi connectivity index (χ3v) is 7.84. The maximum absolute atomic E-state index is 12.4. The van der Waals surface area contributed by atoms with Crippen LogP contribution < -0.4 is 4.74 Å². The summed E-state index contributed by atoms with van der Waals surface area (Å²) in [5.41, 5.74) is 5.70. The standard InChI is InChI=1S/C38H52O3/c1-4-6-8-9-10-11-12-13-14-15-21-38(39)41-31(3)32-22-24-33(25-23-32)36-19-16-17-20-37(36)34-26-28-35(29-27-34)40-30-18-7-5-2/h16-17,19-20,22-29,31H,4-15,18,21,30H2,1-3H3. The zero-order chi connectivity index (χ0) is 29.1. The molecule has 0 aromatic heterocycles. The number of benzene rings is 3. The lowest BCUT2D eigenvalue weighted by molar-refractivity contribution is -0.148. The van der Waals surface area contributed by atoms with E-state index in [1.54, 1.807) is 0 Å². The number of carbonyl (C=O) groups excluding carboxylic acids is 1. The Morgan fingerprint density at radius 2 is 1.10 bits per heavy atom. The summed E-state index contributed by atoms with van der Waals surface area (Å²) in [6.07, 6.45) is 16.4. The lowest BCUT2D eigenvalue weighted by Gasteiger charge is -2.15. The van der Waals surface area contributed by atoms with Crippen molar-refractivity contribution < 1.29 is 14.3 Å². The average Bonchev–Trinajstić information content (AvgIpc) is 3.00. The molecule has 0 heterocycles. The molecule has 1 unspecified atom stereocenters. The first-order valence-electron chi connectivity index (χ1n) is 16.2. The van der Waals surface area contributed by atoms with Gasteiger partial charge in [-0.15, -0.1) is 0 Å². The van der Waals surface area contributed by atoms with E-state index in [0.717, 1.165) is 42.7 Å². The lowest BCUT2D eigenvalue weighted by Crippen LogP contribution is -2.08. The molecule has 3 aromatic rings. The van der Waals surface area contributed by atoms with E-state index in [2.05, 4.69) is 86.6 Å². The topological polar surface area (TPSA) is 35.5 Å². The number of ether oxygens (including phenoxy) is 2. The molecule has 0 spiro atoms. The summed E-state index contributed by atoms with van der Waals surface area (Å²) >= 11 is 0. The van der Waals surface area contributed by atoms with E-state index in [0.29, 0.717) is 6.42 Å². The monoisotopic (exact) mass is 556 g/mol. The smallest absolute Gasteiger partial charge is 0.306 e. The second-order valence-electron chi connectivity index (χ2n) is 11.3. The molecular weight excluding hydrogens is 504 g/mol. The second kappa shape index (κ2) is 19.1. The molecule has 1 atom stereocenters. The van der Waals surface area contributed by atoms with Gasteiger partial charge in [0.25, 0.3) is 0 Å². The molecule has 3 heteroatoms. The number of rotatable bonds is 20. The Labute approximate surface area is 249 Å². The summed E-state index contributed by atoms with van der Waals surface area (Å²) in [4.78, 5) is 12.4. The lowest BCUT2D eigenvalue weighted by atomic mass is 9.94. The molecule has 222 valence electrons. The van der Waals surface area contributed by atoms with E-state index in [1.807, 2.05) is 6.92 Å². The molecule has 41 heavy (non-hydrogen) atoms. The van der Waals surface area contributed by atoms with Crippen LogP contribution in [0, 0.1) is 0 Å². The molecule has 0 radical (unpaired) electrons. The number of hydrogen-bond donors (Lipinski definition) is 0. The van der Waals surface area contributed by atoms with Crippen LogP contribution in [0.5, 0.6) is 5.75 Å². The fourth-order valence-electron chi connectivity index (χ4n) is 5.27. The third kappa shape index (κ3) is 11.7. The highest BCUT2D eigenvalue weighted by molar-refractivity contribution is 5.83. The summed E-state index contributed by atoms with van der Waals surface area (Å²) in [5.74, 6) is 0.827. The summed E-state index contributed by atoms with van der Waals surface area (Å²) in [6, 6.07) is 25.3. The van der Waals surface area contributed by atoms with Crippen molar-refractivity contribution in [3.8, 4) is 28.0 Å². The van der Waals surface area contributed by atoms with Gasteiger partial charge in [0, 0.05) is 6.42 Å². The van der Waals surface area contributed by atoms with E-state index in [9.17, 15) is 4.79 Å². The van der Waals surface area contributed by atoms with Crippen molar-refractivity contribution in [3.05, 3.63) is 78.4 Å². The van der Waals surface area contributed by atoms with E-state index < -0.39 is 0 Å². The highest BCUT2D eigenvalue weighted by Crippen LogP contribution is 2.33. The predicted octanol–water partition coefficient (Wildman–Crippen LogP) is 11.5. The summed E-state index contributed by atoms with van der Waals surface area (Å²) < 4.78 is 11.7. The first-order chi connectivity index (χ1) is 20.1. The van der Waals surface area contributed by atoms with Gasteiger partial charge in [-0.1, -0.05) is 145 Å². The molecule has 0 saturated heterocycles. The number of unbranched alkanes of at least 4 members (excludes halogenated alkanes) is 11. The van der Waals surface area contributed by atoms with Crippen molar-refractivity contribution in [2.45, 2.75) is 117 Å². The number of carbonyl (C=O) groups is 1. The first kappa shape index (κ1) is 32.4. The van der Waals surface area contributed by atoms with Crippen molar-refractivity contribution >= 4 is 5.97 Å². The molecule has 0 aliphatic carbocycles. The van der Waals surface area contributed by atoms with E-state index >= 15 is 0 Å². The molecule has 3 rings (SSSR count). The van der Waals surface area contributed by atoms with Crippen LogP contribution in [0.3, 0.4) is 0 Å². The molecular formula is C38H52O3. The zero-order valence-electron chi connectivity index (χ0n) is 25.8. The Bertz CT molecular complexity index is 1120. The molecule has 0 aliphatic heterocycles. The Kier molecular flexibility index (Phi) is 15.1. The van der Waals surface area contributed by atoms with Gasteiger partial charge in [-0.25, -0.2) is 0 Å². The van der Waals surface area contributed by atoms with Crippen LogP contribution in [0.25, 0.3) is 22.3 Å². The van der Waals surface area contributed by atoms with E-state index in [-0.39, 0.29) is 12.1 Å². The van der Waals surface area contributed by atoms with Crippen LogP contribution in [0.2, 0.25) is 0 Å². The summed E-state index contributed by atoms with van der Waals surface area (Å²) in [7, 11) is 0. The minimum absolute atomic E-state index is 0.0933. The summed E-state index contributed by atoms with van der Waals surface area (Å²) in [5, 5.41) is 0. The van der Waals surface area contributed by atoms with Crippen molar-refractivity contribution in [2.24, 2.45) is 0 Å². The van der Waals surface area contributed by atoms with Gasteiger partial charge >= 0.3 is 5.97 Å². The average molecular weight is 557 g/mol. The largest absolute Gasteiger partial charge is 0.494 e. The van der Waals surface area contributed by atoms with Gasteiger partial charge in [0.2, 0.25) is 0 Å². The van der Waals surface area contributed by atoms with Crippen LogP contribution in [0.1, 0.15) is 122 Å². The fraction of sp³-hybridized carbons (Fsp3) is 0.500. The van der Waals surface area contributed by atoms with Gasteiger partial charge < -0.3 is 9.47 Å². The van der Waals surface area contributed by atoms with Crippen molar-refractivity contribution in [3.63, 3.8) is 0 Å². The SMILES string of the molecule is CCCCCCCCCCCCC(=O)OC(C)c1ccc(-c2ccccc2-c2ccc(OCCCCC)cc2)cc1. The molecule has 3 aromatic carbocycles. The predicted molar refractivity (Wildman–Crippen MR) is 173 cm³/mol. The van der Waals surface area contributed by atoms with Crippen molar-refractivity contribution in [2.75, 3.05) is 6.61 Å². The van der Waals surface area contributed by atoms with Crippen LogP contribution in [-0.4, -0.2) is 12.6 Å². The van der Waals surface area contributed by atoms with Crippen LogP contribution in [0.15, 0.2) is 72.8 Å². The molecule has 0 bridgehead atoms. The minimum atomic E-state index is -0.250. The second-order valence-corrected chi connectivity index (χ2v) is 11.3. The molecule has 0 fully saturated rings. The Morgan fingerprint density at radius 3 is 1.66 bits per heavy atom. The zero-order valence-corrected chi connectivity index (χ0v) is 25.8. The van der Waals surface area contributed by atoms with E-state index in [4.69, 9.17) is 9.47 Å². The summed E-state index contributed by atoms with van der Waals surface area (Å²) in [6.45, 7) is 7.19.